The Balaban J connectivity index is 1.90. The highest BCUT2D eigenvalue weighted by Gasteiger charge is 2.31. The quantitative estimate of drug-likeness (QED) is 0.567. The van der Waals surface area contributed by atoms with Crippen molar-refractivity contribution in [3.8, 4) is 0 Å². The van der Waals surface area contributed by atoms with Crippen molar-refractivity contribution in [2.24, 2.45) is 5.73 Å². The maximum atomic E-state index is 12.9. The van der Waals surface area contributed by atoms with Crippen LogP contribution < -0.4 is 16.4 Å². The summed E-state index contributed by atoms with van der Waals surface area (Å²) in [6, 6.07) is 24.4. The minimum Gasteiger partial charge on any atom is -0.368 e. The molecule has 3 rings (SSSR count). The number of carbonyl (C=O) groups is 3. The summed E-state index contributed by atoms with van der Waals surface area (Å²) in [5.41, 5.74) is 8.39. The van der Waals surface area contributed by atoms with E-state index in [-0.39, 0.29) is 5.91 Å². The van der Waals surface area contributed by atoms with Crippen LogP contribution in [0.4, 0.5) is 5.69 Å². The van der Waals surface area contributed by atoms with E-state index in [1.807, 2.05) is 60.7 Å². The zero-order valence-electron chi connectivity index (χ0n) is 16.5. The minimum atomic E-state index is -0.947. The lowest BCUT2D eigenvalue weighted by atomic mass is 9.84. The Kier molecular flexibility index (Phi) is 6.60. The molecule has 0 fully saturated rings. The number of benzene rings is 3. The fourth-order valence-corrected chi connectivity index (χ4v) is 3.35. The van der Waals surface area contributed by atoms with Crippen LogP contribution in [0, 0.1) is 0 Å². The molecule has 152 valence electrons. The third-order valence-corrected chi connectivity index (χ3v) is 4.71. The lowest BCUT2D eigenvalue weighted by molar-refractivity contribution is -0.120. The van der Waals surface area contributed by atoms with Crippen LogP contribution in [0.5, 0.6) is 0 Å². The molecule has 30 heavy (non-hydrogen) atoms. The van der Waals surface area contributed by atoms with Crippen LogP contribution in [0.1, 0.15) is 34.3 Å². The van der Waals surface area contributed by atoms with E-state index in [4.69, 9.17) is 5.73 Å². The number of rotatable bonds is 7. The van der Waals surface area contributed by atoms with Crippen molar-refractivity contribution < 1.29 is 14.4 Å². The van der Waals surface area contributed by atoms with Gasteiger partial charge in [-0.1, -0.05) is 60.7 Å². The first-order chi connectivity index (χ1) is 14.5. The number of nitrogens with two attached hydrogens (primary N) is 1. The maximum Gasteiger partial charge on any atom is 0.251 e. The maximum absolute atomic E-state index is 12.9. The van der Waals surface area contributed by atoms with Crippen LogP contribution in [0.2, 0.25) is 0 Å². The minimum absolute atomic E-state index is 0.199. The summed E-state index contributed by atoms with van der Waals surface area (Å²) < 4.78 is 0. The van der Waals surface area contributed by atoms with E-state index in [1.54, 1.807) is 24.3 Å². The van der Waals surface area contributed by atoms with E-state index in [2.05, 4.69) is 10.6 Å². The van der Waals surface area contributed by atoms with E-state index in [0.717, 1.165) is 11.1 Å². The van der Waals surface area contributed by atoms with Gasteiger partial charge >= 0.3 is 0 Å². The molecule has 0 unspecified atom stereocenters. The summed E-state index contributed by atoms with van der Waals surface area (Å²) in [7, 11) is 0. The average Bonchev–Trinajstić information content (AvgIpc) is 2.74. The Morgan fingerprint density at radius 2 is 1.27 bits per heavy atom. The van der Waals surface area contributed by atoms with E-state index in [0.29, 0.717) is 11.3 Å². The normalized spacial score (nSPS) is 11.5. The van der Waals surface area contributed by atoms with Gasteiger partial charge in [-0.2, -0.15) is 0 Å². The number of nitrogens with one attached hydrogen (secondary N) is 2. The zero-order valence-corrected chi connectivity index (χ0v) is 16.5. The number of primary amides is 1. The number of anilines is 1. The van der Waals surface area contributed by atoms with Gasteiger partial charge in [0.2, 0.25) is 11.8 Å². The number of amides is 3. The zero-order chi connectivity index (χ0) is 21.5. The standard InChI is InChI=1S/C24H23N3O3/c1-16(28)26-20-14-12-19(13-15-20)24(30)27-22(23(25)29)21(17-8-4-2-5-9-17)18-10-6-3-7-11-18/h2-15,21-22H,1H3,(H2,25,29)(H,26,28)(H,27,30)/t22-/m0/s1. The van der Waals surface area contributed by atoms with Gasteiger partial charge in [0.25, 0.3) is 5.91 Å². The van der Waals surface area contributed by atoms with Gasteiger partial charge in [-0.05, 0) is 35.4 Å². The molecule has 0 saturated heterocycles. The summed E-state index contributed by atoms with van der Waals surface area (Å²) in [5, 5.41) is 5.44. The van der Waals surface area contributed by atoms with Gasteiger partial charge in [0.05, 0.1) is 0 Å². The van der Waals surface area contributed by atoms with E-state index in [1.165, 1.54) is 6.92 Å². The summed E-state index contributed by atoms with van der Waals surface area (Å²) in [6.07, 6.45) is 0. The molecule has 0 radical (unpaired) electrons. The van der Waals surface area contributed by atoms with Gasteiger partial charge in [-0.25, -0.2) is 0 Å². The van der Waals surface area contributed by atoms with Gasteiger partial charge < -0.3 is 16.4 Å². The molecule has 3 aromatic rings. The molecule has 3 amide bonds. The first kappa shape index (κ1) is 20.8. The van der Waals surface area contributed by atoms with Crippen molar-refractivity contribution >= 4 is 23.4 Å². The highest BCUT2D eigenvalue weighted by atomic mass is 16.2. The second kappa shape index (κ2) is 9.52. The molecule has 0 aliphatic carbocycles. The molecular weight excluding hydrogens is 378 g/mol. The predicted molar refractivity (Wildman–Crippen MR) is 116 cm³/mol. The van der Waals surface area contributed by atoms with Gasteiger partial charge in [0.1, 0.15) is 6.04 Å². The van der Waals surface area contributed by atoms with Crippen LogP contribution in [0.15, 0.2) is 84.9 Å². The van der Waals surface area contributed by atoms with Crippen LogP contribution >= 0.6 is 0 Å². The molecule has 6 heteroatoms. The van der Waals surface area contributed by atoms with Crippen LogP contribution in [0.3, 0.4) is 0 Å². The Morgan fingerprint density at radius 1 is 0.767 bits per heavy atom. The van der Waals surface area contributed by atoms with E-state index in [9.17, 15) is 14.4 Å². The van der Waals surface area contributed by atoms with Gasteiger partial charge in [-0.15, -0.1) is 0 Å². The first-order valence-electron chi connectivity index (χ1n) is 9.53. The molecule has 0 spiro atoms. The van der Waals surface area contributed by atoms with Crippen molar-refractivity contribution in [2.45, 2.75) is 18.9 Å². The smallest absolute Gasteiger partial charge is 0.251 e. The van der Waals surface area contributed by atoms with Crippen LogP contribution in [0.25, 0.3) is 0 Å². The molecule has 0 saturated carbocycles. The van der Waals surface area contributed by atoms with Crippen molar-refractivity contribution in [1.82, 2.24) is 5.32 Å². The number of hydrogen-bond acceptors (Lipinski definition) is 3. The Hall–Kier alpha value is -3.93. The molecule has 1 atom stereocenters. The largest absolute Gasteiger partial charge is 0.368 e. The summed E-state index contributed by atoms with van der Waals surface area (Å²) >= 11 is 0. The molecule has 4 N–H and O–H groups in total. The highest BCUT2D eigenvalue weighted by Crippen LogP contribution is 2.28. The van der Waals surface area contributed by atoms with Crippen LogP contribution in [-0.2, 0) is 9.59 Å². The molecule has 0 aliphatic heterocycles. The fourth-order valence-electron chi connectivity index (χ4n) is 3.35. The molecule has 0 aliphatic rings. The SMILES string of the molecule is CC(=O)Nc1ccc(C(=O)N[C@H](C(N)=O)C(c2ccccc2)c2ccccc2)cc1. The van der Waals surface area contributed by atoms with Gasteiger partial charge in [0, 0.05) is 24.1 Å². The van der Waals surface area contributed by atoms with Crippen LogP contribution in [-0.4, -0.2) is 23.8 Å². The van der Waals surface area contributed by atoms with Crippen molar-refractivity contribution in [2.75, 3.05) is 5.32 Å². The summed E-state index contributed by atoms with van der Waals surface area (Å²) in [6.45, 7) is 1.41. The summed E-state index contributed by atoms with van der Waals surface area (Å²) in [5.74, 6) is -1.69. The van der Waals surface area contributed by atoms with E-state index >= 15 is 0 Å². The van der Waals surface area contributed by atoms with Gasteiger partial charge in [-0.3, -0.25) is 14.4 Å². The molecule has 0 aromatic heterocycles. The van der Waals surface area contributed by atoms with Crippen molar-refractivity contribution in [3.63, 3.8) is 0 Å². The second-order valence-electron chi connectivity index (χ2n) is 6.91. The lowest BCUT2D eigenvalue weighted by Crippen LogP contribution is -2.48. The lowest BCUT2D eigenvalue weighted by Gasteiger charge is -2.27. The third kappa shape index (κ3) is 5.11. The predicted octanol–water partition coefficient (Wildman–Crippen LogP) is 3.06. The van der Waals surface area contributed by atoms with Crippen molar-refractivity contribution in [1.29, 1.82) is 0 Å². The molecule has 0 bridgehead atoms. The average molecular weight is 401 g/mol. The molecule has 3 aromatic carbocycles. The highest BCUT2D eigenvalue weighted by molar-refractivity contribution is 5.98. The second-order valence-corrected chi connectivity index (χ2v) is 6.91. The number of carbonyl (C=O) groups excluding carboxylic acids is 3. The van der Waals surface area contributed by atoms with E-state index < -0.39 is 23.8 Å². The fraction of sp³-hybridized carbons (Fsp3) is 0.125. The Labute approximate surface area is 175 Å². The van der Waals surface area contributed by atoms with Gasteiger partial charge in [0.15, 0.2) is 0 Å². The molecular formula is C24H23N3O3. The molecule has 6 nitrogen and oxygen atoms in total. The third-order valence-electron chi connectivity index (χ3n) is 4.71. The monoisotopic (exact) mass is 401 g/mol. The number of hydrogen-bond donors (Lipinski definition) is 3. The van der Waals surface area contributed by atoms with Crippen molar-refractivity contribution in [3.05, 3.63) is 102 Å². The Bertz CT molecular complexity index is 979. The first-order valence-corrected chi connectivity index (χ1v) is 9.53. The topological polar surface area (TPSA) is 101 Å². The molecule has 0 heterocycles. The summed E-state index contributed by atoms with van der Waals surface area (Å²) in [4.78, 5) is 36.4. The Morgan fingerprint density at radius 3 is 1.70 bits per heavy atom.